The molecule has 0 saturated carbocycles. The van der Waals surface area contributed by atoms with Gasteiger partial charge in [0, 0.05) is 12.1 Å². The van der Waals surface area contributed by atoms with Gasteiger partial charge >= 0.3 is 6.03 Å². The Hall–Kier alpha value is -2.28. The minimum atomic E-state index is -0.862. The summed E-state index contributed by atoms with van der Waals surface area (Å²) in [5, 5.41) is 2.01. The number of aryl methyl sites for hydroxylation is 1. The number of urea groups is 1. The van der Waals surface area contributed by atoms with Crippen LogP contribution in [0.25, 0.3) is 0 Å². The number of guanidine groups is 1. The molecular weight excluding hydrogens is 294 g/mol. The fourth-order valence-corrected chi connectivity index (χ4v) is 1.66. The number of unbranched alkanes of at least 4 members (excludes halogenated alkanes) is 1. The van der Waals surface area contributed by atoms with Gasteiger partial charge in [-0.25, -0.2) is 4.79 Å². The molecule has 7 nitrogen and oxygen atoms in total. The van der Waals surface area contributed by atoms with Gasteiger partial charge in [0.15, 0.2) is 5.96 Å². The zero-order chi connectivity index (χ0) is 15.0. The molecule has 1 aromatic rings. The highest BCUT2D eigenvalue weighted by molar-refractivity contribution is 6.03. The summed E-state index contributed by atoms with van der Waals surface area (Å²) in [6, 6.07) is 6.14. The SMILES string of the molecule is Cl.NC(=O)NC(=O)c1ccc(CCCCN=C(N)N)cc1. The molecule has 0 radical (unpaired) electrons. The van der Waals surface area contributed by atoms with E-state index in [1.807, 2.05) is 17.4 Å². The predicted octanol–water partition coefficient (Wildman–Crippen LogP) is 0.513. The van der Waals surface area contributed by atoms with Gasteiger partial charge in [-0.2, -0.15) is 0 Å². The van der Waals surface area contributed by atoms with Crippen molar-refractivity contribution in [1.29, 1.82) is 0 Å². The Balaban J connectivity index is 0.00000400. The van der Waals surface area contributed by atoms with E-state index in [2.05, 4.69) is 4.99 Å². The zero-order valence-corrected chi connectivity index (χ0v) is 12.4. The molecule has 0 atom stereocenters. The number of nitrogens with two attached hydrogens (primary N) is 3. The monoisotopic (exact) mass is 313 g/mol. The lowest BCUT2D eigenvalue weighted by Gasteiger charge is -2.03. The number of primary amides is 1. The quantitative estimate of drug-likeness (QED) is 0.345. The topological polar surface area (TPSA) is 137 Å². The van der Waals surface area contributed by atoms with E-state index >= 15 is 0 Å². The number of nitrogens with zero attached hydrogens (tertiary/aromatic N) is 1. The average molecular weight is 314 g/mol. The third kappa shape index (κ3) is 7.78. The highest BCUT2D eigenvalue weighted by Crippen LogP contribution is 2.08. The van der Waals surface area contributed by atoms with Gasteiger partial charge in [0.25, 0.3) is 5.91 Å². The fraction of sp³-hybridized carbons (Fsp3) is 0.308. The molecule has 0 fully saturated rings. The van der Waals surface area contributed by atoms with Crippen LogP contribution in [-0.2, 0) is 6.42 Å². The number of benzene rings is 1. The number of imide groups is 1. The van der Waals surface area contributed by atoms with E-state index < -0.39 is 11.9 Å². The van der Waals surface area contributed by atoms with E-state index in [1.165, 1.54) is 0 Å². The number of hydrogen-bond donors (Lipinski definition) is 4. The molecule has 0 heterocycles. The van der Waals surface area contributed by atoms with Crippen LogP contribution >= 0.6 is 12.4 Å². The second-order valence-corrected chi connectivity index (χ2v) is 4.28. The van der Waals surface area contributed by atoms with Crippen LogP contribution in [0.3, 0.4) is 0 Å². The summed E-state index contributed by atoms with van der Waals surface area (Å²) in [4.78, 5) is 25.9. The minimum Gasteiger partial charge on any atom is -0.370 e. The molecule has 1 aromatic carbocycles. The Bertz CT molecular complexity index is 498. The summed E-state index contributed by atoms with van der Waals surface area (Å²) in [5.74, 6) is -0.397. The summed E-state index contributed by atoms with van der Waals surface area (Å²) in [7, 11) is 0. The number of aliphatic imine (C=N–C) groups is 1. The lowest BCUT2D eigenvalue weighted by Crippen LogP contribution is -2.34. The first kappa shape index (κ1) is 18.7. The molecular formula is C13H20ClN5O2. The van der Waals surface area contributed by atoms with E-state index in [0.717, 1.165) is 24.8 Å². The largest absolute Gasteiger partial charge is 0.370 e. The van der Waals surface area contributed by atoms with Crippen LogP contribution in [0.4, 0.5) is 4.79 Å². The maximum atomic E-state index is 11.5. The van der Waals surface area contributed by atoms with Gasteiger partial charge in [0.2, 0.25) is 0 Å². The van der Waals surface area contributed by atoms with E-state index in [4.69, 9.17) is 17.2 Å². The van der Waals surface area contributed by atoms with Gasteiger partial charge in [0.05, 0.1) is 0 Å². The molecule has 116 valence electrons. The molecule has 0 bridgehead atoms. The molecule has 0 saturated heterocycles. The molecule has 0 unspecified atom stereocenters. The summed E-state index contributed by atoms with van der Waals surface area (Å²) in [6.07, 6.45) is 2.71. The van der Waals surface area contributed by atoms with Gasteiger partial charge in [-0.15, -0.1) is 12.4 Å². The van der Waals surface area contributed by atoms with Crippen molar-refractivity contribution in [2.45, 2.75) is 19.3 Å². The van der Waals surface area contributed by atoms with Gasteiger partial charge in [-0.3, -0.25) is 15.1 Å². The molecule has 0 aliphatic heterocycles. The number of nitrogens with one attached hydrogen (secondary N) is 1. The molecule has 0 aromatic heterocycles. The number of carbonyl (C=O) groups is 2. The van der Waals surface area contributed by atoms with Crippen LogP contribution in [-0.4, -0.2) is 24.4 Å². The molecule has 8 heteroatoms. The van der Waals surface area contributed by atoms with Crippen LogP contribution < -0.4 is 22.5 Å². The number of halogens is 1. The molecule has 0 aliphatic rings. The van der Waals surface area contributed by atoms with Crippen LogP contribution in [0.5, 0.6) is 0 Å². The normalized spacial score (nSPS) is 9.33. The van der Waals surface area contributed by atoms with Gasteiger partial charge in [-0.1, -0.05) is 12.1 Å². The van der Waals surface area contributed by atoms with Crippen molar-refractivity contribution < 1.29 is 9.59 Å². The van der Waals surface area contributed by atoms with E-state index in [-0.39, 0.29) is 18.4 Å². The van der Waals surface area contributed by atoms with Crippen molar-refractivity contribution >= 4 is 30.3 Å². The first-order valence-electron chi connectivity index (χ1n) is 6.24. The summed E-state index contributed by atoms with van der Waals surface area (Å²) in [5.41, 5.74) is 16.8. The Morgan fingerprint density at radius 3 is 2.19 bits per heavy atom. The number of carbonyl (C=O) groups excluding carboxylic acids is 2. The summed E-state index contributed by atoms with van der Waals surface area (Å²) in [6.45, 7) is 0.613. The van der Waals surface area contributed by atoms with Crippen molar-refractivity contribution in [3.63, 3.8) is 0 Å². The second-order valence-electron chi connectivity index (χ2n) is 4.28. The highest BCUT2D eigenvalue weighted by atomic mass is 35.5. The van der Waals surface area contributed by atoms with Crippen molar-refractivity contribution in [3.8, 4) is 0 Å². The van der Waals surface area contributed by atoms with Crippen LogP contribution in [0.2, 0.25) is 0 Å². The minimum absolute atomic E-state index is 0. The van der Waals surface area contributed by atoms with Crippen molar-refractivity contribution in [2.75, 3.05) is 6.54 Å². The Kier molecular flexibility index (Phi) is 8.55. The van der Waals surface area contributed by atoms with E-state index in [9.17, 15) is 9.59 Å². The molecule has 0 spiro atoms. The standard InChI is InChI=1S/C13H19N5O2.ClH/c14-12(15)17-8-2-1-3-9-4-6-10(7-5-9)11(19)18-13(16)20;/h4-7H,1-3,8H2,(H4,14,15,17)(H3,16,18,19,20);1H. The van der Waals surface area contributed by atoms with Crippen molar-refractivity contribution in [1.82, 2.24) is 5.32 Å². The Morgan fingerprint density at radius 2 is 1.67 bits per heavy atom. The fourth-order valence-electron chi connectivity index (χ4n) is 1.66. The third-order valence-electron chi connectivity index (χ3n) is 2.62. The number of amides is 3. The first-order chi connectivity index (χ1) is 9.49. The Labute approximate surface area is 129 Å². The van der Waals surface area contributed by atoms with Crippen LogP contribution in [0.1, 0.15) is 28.8 Å². The highest BCUT2D eigenvalue weighted by Gasteiger charge is 2.06. The second kappa shape index (κ2) is 9.60. The van der Waals surface area contributed by atoms with Gasteiger partial charge < -0.3 is 17.2 Å². The van der Waals surface area contributed by atoms with Crippen molar-refractivity contribution in [3.05, 3.63) is 35.4 Å². The molecule has 21 heavy (non-hydrogen) atoms. The summed E-state index contributed by atoms with van der Waals surface area (Å²) >= 11 is 0. The smallest absolute Gasteiger partial charge is 0.319 e. The van der Waals surface area contributed by atoms with E-state index in [0.29, 0.717) is 12.1 Å². The lowest BCUT2D eigenvalue weighted by molar-refractivity contribution is 0.0966. The van der Waals surface area contributed by atoms with Crippen LogP contribution in [0, 0.1) is 0 Å². The zero-order valence-electron chi connectivity index (χ0n) is 11.5. The van der Waals surface area contributed by atoms with Crippen LogP contribution in [0.15, 0.2) is 29.3 Å². The first-order valence-corrected chi connectivity index (χ1v) is 6.24. The lowest BCUT2D eigenvalue weighted by atomic mass is 10.1. The van der Waals surface area contributed by atoms with Gasteiger partial charge in [0.1, 0.15) is 0 Å². The molecule has 3 amide bonds. The average Bonchev–Trinajstić information content (AvgIpc) is 2.38. The molecule has 1 rings (SSSR count). The maximum absolute atomic E-state index is 11.5. The third-order valence-corrected chi connectivity index (χ3v) is 2.62. The van der Waals surface area contributed by atoms with E-state index in [1.54, 1.807) is 12.1 Å². The van der Waals surface area contributed by atoms with Crippen molar-refractivity contribution in [2.24, 2.45) is 22.2 Å². The maximum Gasteiger partial charge on any atom is 0.319 e. The number of hydrogen-bond acceptors (Lipinski definition) is 3. The Morgan fingerprint density at radius 1 is 1.05 bits per heavy atom. The number of rotatable bonds is 6. The van der Waals surface area contributed by atoms with Gasteiger partial charge in [-0.05, 0) is 37.0 Å². The molecule has 0 aliphatic carbocycles. The summed E-state index contributed by atoms with van der Waals surface area (Å²) < 4.78 is 0. The molecule has 7 N–H and O–H groups in total. The predicted molar refractivity (Wildman–Crippen MR) is 84.4 cm³/mol.